The molecule has 0 fully saturated rings. The van der Waals surface area contributed by atoms with Crippen molar-refractivity contribution in [1.82, 2.24) is 0 Å². The van der Waals surface area contributed by atoms with Gasteiger partial charge in [-0.3, -0.25) is 19.2 Å². The minimum atomic E-state index is -0.428. The van der Waals surface area contributed by atoms with E-state index in [1.54, 1.807) is 36.4 Å². The van der Waals surface area contributed by atoms with Gasteiger partial charge in [-0.1, -0.05) is 48.5 Å². The molecule has 60 heavy (non-hydrogen) atoms. The second-order valence-corrected chi connectivity index (χ2v) is 15.2. The van der Waals surface area contributed by atoms with Crippen molar-refractivity contribution in [3.05, 3.63) is 131 Å². The minimum absolute atomic E-state index is 0.356. The van der Waals surface area contributed by atoms with E-state index >= 15 is 0 Å². The van der Waals surface area contributed by atoms with Gasteiger partial charge in [0.15, 0.2) is 0 Å². The Balaban J connectivity index is 1.08. The van der Waals surface area contributed by atoms with Crippen LogP contribution < -0.4 is 28.7 Å². The summed E-state index contributed by atoms with van der Waals surface area (Å²) in [5, 5.41) is 12.8. The third-order valence-electron chi connectivity index (χ3n) is 12.6. The molecule has 0 atom stereocenters. The van der Waals surface area contributed by atoms with Crippen LogP contribution in [0.4, 0.5) is 11.4 Å². The van der Waals surface area contributed by atoms with Crippen molar-refractivity contribution in [2.24, 2.45) is 0 Å². The van der Waals surface area contributed by atoms with Gasteiger partial charge in [0.25, 0.3) is 23.6 Å². The molecule has 0 saturated carbocycles. The summed E-state index contributed by atoms with van der Waals surface area (Å²) >= 11 is 0. The molecule has 12 rings (SSSR count). The smallest absolute Gasteiger partial charge is 0.265 e. The summed E-state index contributed by atoms with van der Waals surface area (Å²) in [5.74, 6) is 0.120. The fraction of sp³-hybridized carbons (Fsp3) is 0.0800. The Labute approximate surface area is 340 Å². The Hall–Kier alpha value is -7.98. The summed E-state index contributed by atoms with van der Waals surface area (Å²) in [6.07, 6.45) is 0. The Morgan fingerprint density at radius 3 is 0.750 bits per heavy atom. The molecule has 10 nitrogen and oxygen atoms in total. The van der Waals surface area contributed by atoms with Crippen LogP contribution in [0.2, 0.25) is 0 Å². The lowest BCUT2D eigenvalue weighted by molar-refractivity contribution is 0.0877. The van der Waals surface area contributed by atoms with Crippen LogP contribution in [0.25, 0.3) is 75.4 Å². The van der Waals surface area contributed by atoms with Crippen LogP contribution in [0.1, 0.15) is 41.4 Å². The normalized spacial score (nSPS) is 14.1. The van der Waals surface area contributed by atoms with Crippen molar-refractivity contribution >= 4 is 110 Å². The number of carbonyl (C=O) groups is 4. The average molecular weight is 787 g/mol. The summed E-state index contributed by atoms with van der Waals surface area (Å²) in [7, 11) is 6.09. The van der Waals surface area contributed by atoms with Crippen molar-refractivity contribution < 1.29 is 38.1 Å². The molecule has 10 aromatic rings. The molecular weight excluding hydrogens is 757 g/mol. The quantitative estimate of drug-likeness (QED) is 0.0931. The topological polar surface area (TPSA) is 112 Å². The van der Waals surface area contributed by atoms with Gasteiger partial charge < -0.3 is 18.9 Å². The van der Waals surface area contributed by atoms with Crippen LogP contribution in [0.15, 0.2) is 109 Å². The summed E-state index contributed by atoms with van der Waals surface area (Å²) < 4.78 is 21.8. The molecule has 4 amide bonds. The summed E-state index contributed by atoms with van der Waals surface area (Å²) in [6.45, 7) is 0. The number of hydrogen-bond acceptors (Lipinski definition) is 8. The fourth-order valence-electron chi connectivity index (χ4n) is 9.97. The van der Waals surface area contributed by atoms with Crippen LogP contribution in [-0.4, -0.2) is 52.1 Å². The van der Waals surface area contributed by atoms with E-state index in [0.29, 0.717) is 67.4 Å². The second-order valence-electron chi connectivity index (χ2n) is 15.2. The molecule has 288 valence electrons. The van der Waals surface area contributed by atoms with Gasteiger partial charge in [-0.15, -0.1) is 0 Å². The van der Waals surface area contributed by atoms with Gasteiger partial charge in [-0.2, -0.15) is 0 Å². The number of rotatable bonds is 6. The first kappa shape index (κ1) is 34.1. The molecule has 0 unspecified atom stereocenters. The molecule has 0 spiro atoms. The van der Waals surface area contributed by atoms with Crippen molar-refractivity contribution in [3.63, 3.8) is 0 Å². The molecule has 10 aromatic carbocycles. The summed E-state index contributed by atoms with van der Waals surface area (Å²) in [6, 6.07) is 33.6. The molecule has 10 heteroatoms. The highest BCUT2D eigenvalue weighted by atomic mass is 16.5. The molecule has 0 aliphatic carbocycles. The number of amides is 4. The molecule has 2 aliphatic rings. The van der Waals surface area contributed by atoms with E-state index in [9.17, 15) is 19.2 Å². The molecule has 0 aromatic heterocycles. The molecule has 0 bridgehead atoms. The number of carbonyl (C=O) groups excluding carboxylic acids is 4. The predicted molar refractivity (Wildman–Crippen MR) is 233 cm³/mol. The van der Waals surface area contributed by atoms with Crippen LogP contribution in [-0.2, 0) is 0 Å². The van der Waals surface area contributed by atoms with E-state index in [2.05, 4.69) is 24.3 Å². The fourth-order valence-corrected chi connectivity index (χ4v) is 9.97. The van der Waals surface area contributed by atoms with Gasteiger partial charge in [-0.05, 0) is 88.9 Å². The standard InChI is InChI=1S/C50H30N2O8/c1-57-25-17-23(18-26(21-25)58-2)51-47(53)37-13-9-33-29-5-7-31-35-11-15-39-46-40(50(56)52(49(39)55)24-19-27(59-3)22-28(20-24)60-4)16-12-36(44(35)46)32-8-6-30(41(29)42(31)32)34-10-14-38(48(51)54)45(37)43(33)34/h5-22H,1-4H3. The van der Waals surface area contributed by atoms with Crippen LogP contribution in [0.5, 0.6) is 23.0 Å². The van der Waals surface area contributed by atoms with Gasteiger partial charge in [0.1, 0.15) is 23.0 Å². The highest BCUT2D eigenvalue weighted by Gasteiger charge is 2.38. The third-order valence-corrected chi connectivity index (χ3v) is 12.6. The Kier molecular flexibility index (Phi) is 6.70. The zero-order valence-electron chi connectivity index (χ0n) is 32.6. The SMILES string of the molecule is COc1cc(OC)cc(N2C(=O)c3ccc4c5ccc6c7ccc8c9c(ccc(c%10ccc(c%11ccc(c3c4%11)C2=O)c5c6%10)c97)C(=O)N(c2cc(OC)cc(OC)c2)C8=O)c1. The minimum Gasteiger partial charge on any atom is -0.497 e. The molecule has 0 N–H and O–H groups in total. The van der Waals surface area contributed by atoms with Gasteiger partial charge >= 0.3 is 0 Å². The van der Waals surface area contributed by atoms with Crippen molar-refractivity contribution in [1.29, 1.82) is 0 Å². The maximum atomic E-state index is 14.3. The van der Waals surface area contributed by atoms with Gasteiger partial charge in [0, 0.05) is 69.4 Å². The first-order valence-corrected chi connectivity index (χ1v) is 19.3. The first-order chi connectivity index (χ1) is 29.2. The number of nitrogens with zero attached hydrogens (tertiary/aromatic N) is 2. The van der Waals surface area contributed by atoms with Crippen LogP contribution in [0, 0.1) is 0 Å². The Morgan fingerprint density at radius 2 is 0.517 bits per heavy atom. The van der Waals surface area contributed by atoms with E-state index in [0.717, 1.165) is 64.6 Å². The van der Waals surface area contributed by atoms with Crippen molar-refractivity contribution in [2.75, 3.05) is 38.2 Å². The largest absolute Gasteiger partial charge is 0.497 e. The highest BCUT2D eigenvalue weighted by molar-refractivity contribution is 6.47. The van der Waals surface area contributed by atoms with Gasteiger partial charge in [0.05, 0.1) is 39.8 Å². The lowest BCUT2D eigenvalue weighted by Gasteiger charge is -2.29. The van der Waals surface area contributed by atoms with Crippen molar-refractivity contribution in [3.8, 4) is 23.0 Å². The van der Waals surface area contributed by atoms with Crippen LogP contribution >= 0.6 is 0 Å². The second kappa shape index (κ2) is 11.8. The Morgan fingerprint density at radius 1 is 0.300 bits per heavy atom. The number of imide groups is 2. The third kappa shape index (κ3) is 4.16. The lowest BCUT2D eigenvalue weighted by atomic mass is 9.81. The molecular formula is C50H30N2O8. The highest BCUT2D eigenvalue weighted by Crippen LogP contribution is 2.50. The number of ether oxygens (including phenoxy) is 4. The molecule has 0 saturated heterocycles. The number of methoxy groups -OCH3 is 4. The van der Waals surface area contributed by atoms with Gasteiger partial charge in [0.2, 0.25) is 0 Å². The summed E-state index contributed by atoms with van der Waals surface area (Å²) in [5.41, 5.74) is 2.44. The van der Waals surface area contributed by atoms with E-state index in [-0.39, 0.29) is 0 Å². The zero-order valence-corrected chi connectivity index (χ0v) is 32.6. The van der Waals surface area contributed by atoms with E-state index in [1.165, 1.54) is 38.2 Å². The molecule has 2 aliphatic heterocycles. The van der Waals surface area contributed by atoms with E-state index < -0.39 is 23.6 Å². The zero-order chi connectivity index (χ0) is 40.9. The maximum Gasteiger partial charge on any atom is 0.265 e. The number of anilines is 2. The molecule has 0 radical (unpaired) electrons. The lowest BCUT2D eigenvalue weighted by Crippen LogP contribution is -2.40. The average Bonchev–Trinajstić information content (AvgIpc) is 3.28. The van der Waals surface area contributed by atoms with Crippen LogP contribution in [0.3, 0.4) is 0 Å². The first-order valence-electron chi connectivity index (χ1n) is 19.3. The monoisotopic (exact) mass is 786 g/mol. The summed E-state index contributed by atoms with van der Waals surface area (Å²) in [4.78, 5) is 59.8. The number of hydrogen-bond donors (Lipinski definition) is 0. The van der Waals surface area contributed by atoms with Gasteiger partial charge in [-0.25, -0.2) is 9.80 Å². The van der Waals surface area contributed by atoms with Crippen molar-refractivity contribution in [2.45, 2.75) is 0 Å². The maximum absolute atomic E-state index is 14.3. The molecule has 2 heterocycles. The predicted octanol–water partition coefficient (Wildman–Crippen LogP) is 10.3. The number of fused-ring (bicyclic) bond motifs is 4. The van der Waals surface area contributed by atoms with E-state index in [4.69, 9.17) is 18.9 Å². The number of benzene rings is 10. The Bertz CT molecular complexity index is 3190. The van der Waals surface area contributed by atoms with E-state index in [1.807, 2.05) is 48.5 Å².